The second-order valence-corrected chi connectivity index (χ2v) is 9.41. The normalized spacial score (nSPS) is 16.0. The molecule has 0 N–H and O–H groups in total. The predicted octanol–water partition coefficient (Wildman–Crippen LogP) is 5.94. The Labute approximate surface area is 189 Å². The molecule has 0 radical (unpaired) electrons. The van der Waals surface area contributed by atoms with Gasteiger partial charge in [-0.25, -0.2) is 4.79 Å². The van der Waals surface area contributed by atoms with Gasteiger partial charge in [-0.2, -0.15) is 0 Å². The third-order valence-corrected chi connectivity index (χ3v) is 6.20. The number of carbonyl (C=O) groups excluding carboxylic acids is 1. The van der Waals surface area contributed by atoms with Gasteiger partial charge in [0.2, 0.25) is 0 Å². The summed E-state index contributed by atoms with van der Waals surface area (Å²) in [7, 11) is 1.59. The van der Waals surface area contributed by atoms with Crippen LogP contribution in [0.25, 0.3) is 5.69 Å². The Morgan fingerprint density at radius 2 is 1.69 bits per heavy atom. The minimum Gasteiger partial charge on any atom is -0.497 e. The number of rotatable bonds is 4. The van der Waals surface area contributed by atoms with Crippen LogP contribution in [-0.2, 0) is 11.3 Å². The number of carbonyl (C=O) groups is 1. The molecule has 0 fully saturated rings. The van der Waals surface area contributed by atoms with Crippen molar-refractivity contribution in [3.63, 3.8) is 0 Å². The number of aryl methyl sites for hydroxylation is 3. The Kier molecular flexibility index (Phi) is 5.68. The molecule has 0 saturated carbocycles. The Bertz CT molecular complexity index is 1200. The lowest BCUT2D eigenvalue weighted by Crippen LogP contribution is -2.28. The van der Waals surface area contributed by atoms with Crippen LogP contribution in [0.4, 0.5) is 0 Å². The molecule has 32 heavy (non-hydrogen) atoms. The first kappa shape index (κ1) is 21.9. The number of aromatic nitrogens is 1. The molecule has 4 rings (SSSR count). The van der Waals surface area contributed by atoms with Gasteiger partial charge >= 0.3 is 5.97 Å². The maximum absolute atomic E-state index is 12.5. The van der Waals surface area contributed by atoms with E-state index in [-0.39, 0.29) is 5.41 Å². The van der Waals surface area contributed by atoms with E-state index in [4.69, 9.17) is 9.57 Å². The van der Waals surface area contributed by atoms with Crippen LogP contribution in [0.5, 0.6) is 5.75 Å². The molecule has 0 atom stereocenters. The highest BCUT2D eigenvalue weighted by Gasteiger charge is 2.34. The summed E-state index contributed by atoms with van der Waals surface area (Å²) in [6, 6.07) is 15.5. The number of hydrogen-bond donors (Lipinski definition) is 0. The minimum atomic E-state index is -0.476. The standard InChI is InChI=1S/C27H30N2O3/c1-17-7-10-21(13-18(17)2)29-19(3)14-23-24(15-27(4,5)16-25(23)29)28-32-26(30)20-8-11-22(31-6)12-9-20/h7-14H,15-16H2,1-6H3/b28-24+. The molecule has 1 aliphatic carbocycles. The van der Waals surface area contributed by atoms with Crippen molar-refractivity contribution in [1.82, 2.24) is 4.57 Å². The van der Waals surface area contributed by atoms with E-state index in [0.717, 1.165) is 35.5 Å². The van der Waals surface area contributed by atoms with Crippen LogP contribution in [0.3, 0.4) is 0 Å². The number of hydrogen-bond acceptors (Lipinski definition) is 4. The summed E-state index contributed by atoms with van der Waals surface area (Å²) < 4.78 is 7.46. The van der Waals surface area contributed by atoms with Gasteiger partial charge in [-0.3, -0.25) is 0 Å². The van der Waals surface area contributed by atoms with Crippen LogP contribution >= 0.6 is 0 Å². The average molecular weight is 431 g/mol. The van der Waals surface area contributed by atoms with Gasteiger partial charge in [0.1, 0.15) is 5.75 Å². The molecule has 5 heteroatoms. The van der Waals surface area contributed by atoms with Gasteiger partial charge < -0.3 is 14.1 Å². The molecule has 5 nitrogen and oxygen atoms in total. The largest absolute Gasteiger partial charge is 0.497 e. The maximum Gasteiger partial charge on any atom is 0.365 e. The van der Waals surface area contributed by atoms with Crippen molar-refractivity contribution < 1.29 is 14.4 Å². The molecule has 0 unspecified atom stereocenters. The quantitative estimate of drug-likeness (QED) is 0.380. The van der Waals surface area contributed by atoms with Gasteiger partial charge in [-0.1, -0.05) is 25.1 Å². The molecule has 0 saturated heterocycles. The highest BCUT2D eigenvalue weighted by Crippen LogP contribution is 2.38. The van der Waals surface area contributed by atoms with E-state index in [1.54, 1.807) is 31.4 Å². The first-order valence-electron chi connectivity index (χ1n) is 10.9. The molecule has 166 valence electrons. The van der Waals surface area contributed by atoms with Crippen LogP contribution in [0, 0.1) is 26.2 Å². The van der Waals surface area contributed by atoms with Crippen LogP contribution in [0.1, 0.15) is 58.7 Å². The summed E-state index contributed by atoms with van der Waals surface area (Å²) in [4.78, 5) is 17.9. The van der Waals surface area contributed by atoms with Gasteiger partial charge in [-0.05, 0) is 92.6 Å². The number of nitrogens with zero attached hydrogens (tertiary/aromatic N) is 2. The fourth-order valence-electron chi connectivity index (χ4n) is 4.36. The topological polar surface area (TPSA) is 52.8 Å². The van der Waals surface area contributed by atoms with Gasteiger partial charge in [0, 0.05) is 22.6 Å². The zero-order valence-corrected chi connectivity index (χ0v) is 19.7. The molecule has 0 aliphatic heterocycles. The molecule has 1 aliphatic rings. The first-order chi connectivity index (χ1) is 15.2. The Balaban J connectivity index is 1.69. The van der Waals surface area contributed by atoms with Crippen molar-refractivity contribution in [2.75, 3.05) is 7.11 Å². The van der Waals surface area contributed by atoms with E-state index in [1.165, 1.54) is 16.8 Å². The van der Waals surface area contributed by atoms with Crippen LogP contribution in [0.2, 0.25) is 0 Å². The lowest BCUT2D eigenvalue weighted by atomic mass is 9.76. The summed E-state index contributed by atoms with van der Waals surface area (Å²) in [5.74, 6) is 0.213. The van der Waals surface area contributed by atoms with Gasteiger partial charge in [0.05, 0.1) is 18.4 Å². The lowest BCUT2D eigenvalue weighted by molar-refractivity contribution is 0.0514. The summed E-state index contributed by atoms with van der Waals surface area (Å²) in [5, 5.41) is 4.34. The third kappa shape index (κ3) is 4.20. The zero-order valence-electron chi connectivity index (χ0n) is 19.7. The van der Waals surface area contributed by atoms with Gasteiger partial charge in [-0.15, -0.1) is 0 Å². The number of methoxy groups -OCH3 is 1. The molecule has 0 spiro atoms. The van der Waals surface area contributed by atoms with Gasteiger partial charge in [0.25, 0.3) is 0 Å². The molecule has 0 amide bonds. The number of fused-ring (bicyclic) bond motifs is 1. The Morgan fingerprint density at radius 3 is 2.34 bits per heavy atom. The van der Waals surface area contributed by atoms with E-state index in [0.29, 0.717) is 11.3 Å². The molecule has 0 bridgehead atoms. The second kappa shape index (κ2) is 8.30. The summed E-state index contributed by atoms with van der Waals surface area (Å²) in [5.41, 5.74) is 8.36. The monoisotopic (exact) mass is 430 g/mol. The van der Waals surface area contributed by atoms with Crippen molar-refractivity contribution in [3.05, 3.63) is 82.2 Å². The fourth-order valence-corrected chi connectivity index (χ4v) is 4.36. The van der Waals surface area contributed by atoms with Crippen LogP contribution < -0.4 is 4.74 Å². The fraction of sp³-hybridized carbons (Fsp3) is 0.333. The van der Waals surface area contributed by atoms with Crippen molar-refractivity contribution in [2.24, 2.45) is 10.6 Å². The zero-order chi connectivity index (χ0) is 23.0. The highest BCUT2D eigenvalue weighted by atomic mass is 16.7. The molecular formula is C27H30N2O3. The number of benzene rings is 2. The molecule has 1 aromatic heterocycles. The van der Waals surface area contributed by atoms with Crippen molar-refractivity contribution in [2.45, 2.75) is 47.5 Å². The van der Waals surface area contributed by atoms with Gasteiger partial charge in [0.15, 0.2) is 0 Å². The second-order valence-electron chi connectivity index (χ2n) is 9.41. The predicted molar refractivity (Wildman–Crippen MR) is 127 cm³/mol. The third-order valence-electron chi connectivity index (χ3n) is 6.20. The molecule has 2 aromatic carbocycles. The first-order valence-corrected chi connectivity index (χ1v) is 10.9. The summed E-state index contributed by atoms with van der Waals surface area (Å²) in [6.07, 6.45) is 1.67. The van der Waals surface area contributed by atoms with Crippen LogP contribution in [-0.4, -0.2) is 23.4 Å². The minimum absolute atomic E-state index is 0.000634. The number of ether oxygens (including phenoxy) is 1. The average Bonchev–Trinajstić information content (AvgIpc) is 3.08. The van der Waals surface area contributed by atoms with E-state index in [2.05, 4.69) is 68.6 Å². The van der Waals surface area contributed by atoms with Crippen molar-refractivity contribution in [1.29, 1.82) is 0 Å². The van der Waals surface area contributed by atoms with E-state index in [1.807, 2.05) is 0 Å². The molecular weight excluding hydrogens is 400 g/mol. The van der Waals surface area contributed by atoms with Crippen LogP contribution in [0.15, 0.2) is 53.7 Å². The Morgan fingerprint density at radius 1 is 0.969 bits per heavy atom. The maximum atomic E-state index is 12.5. The highest BCUT2D eigenvalue weighted by molar-refractivity contribution is 6.03. The molecule has 3 aromatic rings. The summed E-state index contributed by atoms with van der Waals surface area (Å²) in [6.45, 7) is 10.8. The lowest BCUT2D eigenvalue weighted by Gasteiger charge is -2.31. The number of oxime groups is 1. The van der Waals surface area contributed by atoms with Crippen molar-refractivity contribution >= 4 is 11.7 Å². The van der Waals surface area contributed by atoms with E-state index >= 15 is 0 Å². The summed E-state index contributed by atoms with van der Waals surface area (Å²) >= 11 is 0. The molecule has 1 heterocycles. The van der Waals surface area contributed by atoms with E-state index in [9.17, 15) is 4.79 Å². The Hall–Kier alpha value is -3.34. The van der Waals surface area contributed by atoms with E-state index < -0.39 is 5.97 Å². The smallest absolute Gasteiger partial charge is 0.365 e. The van der Waals surface area contributed by atoms with Crippen molar-refractivity contribution in [3.8, 4) is 11.4 Å². The SMILES string of the molecule is COc1ccc(C(=O)O/N=C2\CC(C)(C)Cc3c2cc(C)n3-c2ccc(C)c(C)c2)cc1.